The molecule has 1 fully saturated rings. The molecule has 1 heterocycles. The Morgan fingerprint density at radius 1 is 1.53 bits per heavy atom. The van der Waals surface area contributed by atoms with Crippen LogP contribution in [0.25, 0.3) is 0 Å². The number of hydrogen-bond donors (Lipinski definition) is 2. The lowest BCUT2D eigenvalue weighted by Crippen LogP contribution is -2.47. The van der Waals surface area contributed by atoms with E-state index in [-0.39, 0.29) is 25.0 Å². The minimum absolute atomic E-state index is 0.0108. The van der Waals surface area contributed by atoms with Gasteiger partial charge < -0.3 is 19.9 Å². The molecule has 2 aliphatic rings. The topological polar surface area (TPSA) is 67.8 Å². The third-order valence-corrected chi connectivity index (χ3v) is 3.79. The van der Waals surface area contributed by atoms with Crippen molar-refractivity contribution >= 4 is 5.91 Å². The van der Waals surface area contributed by atoms with Gasteiger partial charge in [0.05, 0.1) is 19.8 Å². The average Bonchev–Trinajstić information content (AvgIpc) is 2.93. The highest BCUT2D eigenvalue weighted by atomic mass is 16.6. The van der Waals surface area contributed by atoms with Crippen molar-refractivity contribution in [2.75, 3.05) is 33.0 Å². The molecule has 0 saturated carbocycles. The Kier molecular flexibility index (Phi) is 5.36. The first kappa shape index (κ1) is 14.5. The third-order valence-electron chi connectivity index (χ3n) is 3.79. The van der Waals surface area contributed by atoms with Gasteiger partial charge in [0, 0.05) is 25.5 Å². The number of rotatable bonds is 6. The molecule has 5 heteroatoms. The van der Waals surface area contributed by atoms with Crippen molar-refractivity contribution in [2.45, 2.75) is 31.3 Å². The Labute approximate surface area is 114 Å². The number of aliphatic hydroxyl groups is 1. The van der Waals surface area contributed by atoms with E-state index in [1.165, 1.54) is 0 Å². The summed E-state index contributed by atoms with van der Waals surface area (Å²) in [6.45, 7) is 1.87. The van der Waals surface area contributed by atoms with Crippen LogP contribution in [0.5, 0.6) is 0 Å². The molecule has 2 rings (SSSR count). The largest absolute Gasteiger partial charge is 0.394 e. The molecule has 1 aliphatic heterocycles. The summed E-state index contributed by atoms with van der Waals surface area (Å²) >= 11 is 0. The van der Waals surface area contributed by atoms with E-state index in [0.29, 0.717) is 19.8 Å². The highest BCUT2D eigenvalue weighted by molar-refractivity contribution is 5.79. The number of carbonyl (C=O) groups is 1. The van der Waals surface area contributed by atoms with Crippen LogP contribution in [-0.2, 0) is 14.3 Å². The quantitative estimate of drug-likeness (QED) is 0.694. The van der Waals surface area contributed by atoms with Crippen molar-refractivity contribution in [3.63, 3.8) is 0 Å². The Bertz CT molecular complexity index is 323. The van der Waals surface area contributed by atoms with Gasteiger partial charge in [0.1, 0.15) is 5.60 Å². The number of amides is 1. The first-order valence-electron chi connectivity index (χ1n) is 7.01. The molecule has 108 valence electrons. The van der Waals surface area contributed by atoms with Crippen molar-refractivity contribution < 1.29 is 19.4 Å². The van der Waals surface area contributed by atoms with Gasteiger partial charge in [-0.05, 0) is 19.3 Å². The van der Waals surface area contributed by atoms with Crippen LogP contribution in [0.3, 0.4) is 0 Å². The maximum absolute atomic E-state index is 12.1. The maximum atomic E-state index is 12.1. The van der Waals surface area contributed by atoms with E-state index in [0.717, 1.165) is 25.7 Å². The summed E-state index contributed by atoms with van der Waals surface area (Å²) < 4.78 is 11.0. The van der Waals surface area contributed by atoms with E-state index in [1.807, 2.05) is 0 Å². The monoisotopic (exact) mass is 269 g/mol. The Balaban J connectivity index is 1.81. The standard InChI is InChI=1S/C14H23NO4/c16-7-9-19-14(6-8-18-11-14)10-15-13(17)12-4-2-1-3-5-12/h1-2,12,16H,3-11H2,(H,15,17). The molecule has 0 aromatic heterocycles. The summed E-state index contributed by atoms with van der Waals surface area (Å²) in [5.41, 5.74) is -0.455. The van der Waals surface area contributed by atoms with E-state index < -0.39 is 5.60 Å². The molecular weight excluding hydrogens is 246 g/mol. The van der Waals surface area contributed by atoms with Crippen molar-refractivity contribution in [3.8, 4) is 0 Å². The SMILES string of the molecule is O=C(NCC1(OCCO)CCOC1)C1CC=CCC1. The third kappa shape index (κ3) is 4.03. The second-order valence-corrected chi connectivity index (χ2v) is 5.26. The van der Waals surface area contributed by atoms with Crippen LogP contribution < -0.4 is 5.32 Å². The molecular formula is C14H23NO4. The highest BCUT2D eigenvalue weighted by Gasteiger charge is 2.36. The predicted octanol–water partition coefficient (Wildman–Crippen LogP) is 0.627. The van der Waals surface area contributed by atoms with Gasteiger partial charge in [0.15, 0.2) is 0 Å². The molecule has 1 saturated heterocycles. The number of aliphatic hydroxyl groups excluding tert-OH is 1. The fraction of sp³-hybridized carbons (Fsp3) is 0.786. The Morgan fingerprint density at radius 2 is 2.42 bits per heavy atom. The number of hydrogen-bond acceptors (Lipinski definition) is 4. The minimum atomic E-state index is -0.455. The molecule has 0 spiro atoms. The van der Waals surface area contributed by atoms with Gasteiger partial charge in [-0.15, -0.1) is 0 Å². The number of allylic oxidation sites excluding steroid dienone is 2. The van der Waals surface area contributed by atoms with Crippen molar-refractivity contribution in [2.24, 2.45) is 5.92 Å². The zero-order valence-corrected chi connectivity index (χ0v) is 11.3. The molecule has 2 N–H and O–H groups in total. The van der Waals surface area contributed by atoms with Crippen LogP contribution in [0.2, 0.25) is 0 Å². The van der Waals surface area contributed by atoms with E-state index in [4.69, 9.17) is 14.6 Å². The van der Waals surface area contributed by atoms with E-state index in [9.17, 15) is 4.79 Å². The molecule has 2 unspecified atom stereocenters. The van der Waals surface area contributed by atoms with E-state index in [2.05, 4.69) is 17.5 Å². The molecule has 0 bridgehead atoms. The predicted molar refractivity (Wildman–Crippen MR) is 70.7 cm³/mol. The molecule has 0 aromatic rings. The zero-order chi connectivity index (χ0) is 13.6. The number of carbonyl (C=O) groups excluding carboxylic acids is 1. The maximum Gasteiger partial charge on any atom is 0.223 e. The van der Waals surface area contributed by atoms with Gasteiger partial charge in [-0.3, -0.25) is 4.79 Å². The first-order chi connectivity index (χ1) is 9.26. The lowest BCUT2D eigenvalue weighted by atomic mass is 9.93. The lowest BCUT2D eigenvalue weighted by Gasteiger charge is -2.29. The first-order valence-corrected chi connectivity index (χ1v) is 7.01. The van der Waals surface area contributed by atoms with E-state index >= 15 is 0 Å². The van der Waals surface area contributed by atoms with Gasteiger partial charge in [-0.2, -0.15) is 0 Å². The fourth-order valence-electron chi connectivity index (χ4n) is 2.58. The molecule has 1 aliphatic carbocycles. The molecule has 0 radical (unpaired) electrons. The smallest absolute Gasteiger partial charge is 0.223 e. The lowest BCUT2D eigenvalue weighted by molar-refractivity contribution is -0.127. The van der Waals surface area contributed by atoms with Crippen LogP contribution in [0, 0.1) is 5.92 Å². The highest BCUT2D eigenvalue weighted by Crippen LogP contribution is 2.23. The van der Waals surface area contributed by atoms with Crippen LogP contribution in [0.15, 0.2) is 12.2 Å². The second-order valence-electron chi connectivity index (χ2n) is 5.26. The van der Waals surface area contributed by atoms with Crippen molar-refractivity contribution in [3.05, 3.63) is 12.2 Å². The summed E-state index contributed by atoms with van der Waals surface area (Å²) in [5, 5.41) is 11.8. The van der Waals surface area contributed by atoms with Crippen LogP contribution >= 0.6 is 0 Å². The molecule has 5 nitrogen and oxygen atoms in total. The second kappa shape index (κ2) is 7.03. The molecule has 2 atom stereocenters. The van der Waals surface area contributed by atoms with Gasteiger partial charge in [-0.1, -0.05) is 12.2 Å². The van der Waals surface area contributed by atoms with E-state index in [1.54, 1.807) is 0 Å². The van der Waals surface area contributed by atoms with Crippen molar-refractivity contribution in [1.29, 1.82) is 0 Å². The molecule has 0 aromatic carbocycles. The van der Waals surface area contributed by atoms with Crippen LogP contribution in [0.4, 0.5) is 0 Å². The Hall–Kier alpha value is -0.910. The summed E-state index contributed by atoms with van der Waals surface area (Å²) in [4.78, 5) is 12.1. The summed E-state index contributed by atoms with van der Waals surface area (Å²) in [7, 11) is 0. The normalized spacial score (nSPS) is 30.5. The summed E-state index contributed by atoms with van der Waals surface area (Å²) in [6.07, 6.45) is 7.69. The van der Waals surface area contributed by atoms with Crippen LogP contribution in [0.1, 0.15) is 25.7 Å². The van der Waals surface area contributed by atoms with Gasteiger partial charge in [0.2, 0.25) is 5.91 Å². The zero-order valence-electron chi connectivity index (χ0n) is 11.3. The van der Waals surface area contributed by atoms with Crippen molar-refractivity contribution in [1.82, 2.24) is 5.32 Å². The fourth-order valence-corrected chi connectivity index (χ4v) is 2.58. The number of ether oxygens (including phenoxy) is 2. The Morgan fingerprint density at radius 3 is 3.05 bits per heavy atom. The van der Waals surface area contributed by atoms with Gasteiger partial charge in [-0.25, -0.2) is 0 Å². The summed E-state index contributed by atoms with van der Waals surface area (Å²) in [6, 6.07) is 0. The van der Waals surface area contributed by atoms with Gasteiger partial charge in [0.25, 0.3) is 0 Å². The number of nitrogens with one attached hydrogen (secondary N) is 1. The van der Waals surface area contributed by atoms with Crippen LogP contribution in [-0.4, -0.2) is 49.6 Å². The molecule has 19 heavy (non-hydrogen) atoms. The average molecular weight is 269 g/mol. The summed E-state index contributed by atoms with van der Waals surface area (Å²) in [5.74, 6) is 0.186. The minimum Gasteiger partial charge on any atom is -0.394 e. The molecule has 1 amide bonds. The van der Waals surface area contributed by atoms with Gasteiger partial charge >= 0.3 is 0 Å².